The van der Waals surface area contributed by atoms with Crippen LogP contribution in [0.5, 0.6) is 0 Å². The molecule has 0 spiro atoms. The van der Waals surface area contributed by atoms with Gasteiger partial charge in [0.1, 0.15) is 17.5 Å². The molecular weight excluding hydrogens is 255 g/mol. The fourth-order valence-corrected chi connectivity index (χ4v) is 2.07. The first kappa shape index (κ1) is 12.6. The number of nitrogens with zero attached hydrogens (tertiary/aromatic N) is 3. The Morgan fingerprint density at radius 1 is 1.10 bits per heavy atom. The molecular formula is C15H15FN4. The van der Waals surface area contributed by atoms with Gasteiger partial charge in [-0.1, -0.05) is 6.07 Å². The molecule has 0 aliphatic rings. The van der Waals surface area contributed by atoms with Crippen molar-refractivity contribution in [3.63, 3.8) is 0 Å². The SMILES string of the molecule is Cc1ccc(-c2nc3nc(N(C)C)ccc3[nH]2)c(F)c1. The maximum Gasteiger partial charge on any atom is 0.180 e. The lowest BCUT2D eigenvalue weighted by molar-refractivity contribution is 0.629. The molecule has 0 bridgehead atoms. The summed E-state index contributed by atoms with van der Waals surface area (Å²) >= 11 is 0. The highest BCUT2D eigenvalue weighted by Crippen LogP contribution is 2.24. The Kier molecular flexibility index (Phi) is 2.89. The van der Waals surface area contributed by atoms with Gasteiger partial charge in [-0.25, -0.2) is 14.4 Å². The lowest BCUT2D eigenvalue weighted by Gasteiger charge is -2.09. The second-order valence-electron chi connectivity index (χ2n) is 5.00. The van der Waals surface area contributed by atoms with Crippen LogP contribution in [-0.2, 0) is 0 Å². The molecule has 102 valence electrons. The molecule has 1 N–H and O–H groups in total. The third kappa shape index (κ3) is 2.11. The van der Waals surface area contributed by atoms with Crippen LogP contribution in [0.3, 0.4) is 0 Å². The zero-order chi connectivity index (χ0) is 14.3. The normalized spacial score (nSPS) is 11.0. The Morgan fingerprint density at radius 2 is 1.90 bits per heavy atom. The first-order valence-corrected chi connectivity index (χ1v) is 6.35. The van der Waals surface area contributed by atoms with Gasteiger partial charge >= 0.3 is 0 Å². The summed E-state index contributed by atoms with van der Waals surface area (Å²) in [7, 11) is 3.84. The van der Waals surface area contributed by atoms with Crippen LogP contribution in [0.4, 0.5) is 10.2 Å². The molecule has 0 saturated carbocycles. The number of aromatic nitrogens is 3. The molecule has 0 radical (unpaired) electrons. The second-order valence-corrected chi connectivity index (χ2v) is 5.00. The number of H-pyrrole nitrogens is 1. The van der Waals surface area contributed by atoms with Crippen LogP contribution in [0.25, 0.3) is 22.6 Å². The summed E-state index contributed by atoms with van der Waals surface area (Å²) in [6.07, 6.45) is 0. The van der Waals surface area contributed by atoms with Gasteiger partial charge in [0.2, 0.25) is 0 Å². The minimum Gasteiger partial charge on any atom is -0.363 e. The van der Waals surface area contributed by atoms with E-state index in [1.807, 2.05) is 44.1 Å². The Hall–Kier alpha value is -2.43. The molecule has 3 rings (SSSR count). The number of nitrogens with one attached hydrogen (secondary N) is 1. The maximum atomic E-state index is 14.0. The number of benzene rings is 1. The molecule has 20 heavy (non-hydrogen) atoms. The summed E-state index contributed by atoms with van der Waals surface area (Å²) in [4.78, 5) is 13.8. The molecule has 3 aromatic rings. The number of hydrogen-bond acceptors (Lipinski definition) is 3. The van der Waals surface area contributed by atoms with Crippen molar-refractivity contribution >= 4 is 17.0 Å². The van der Waals surface area contributed by atoms with Gasteiger partial charge in [-0.3, -0.25) is 0 Å². The van der Waals surface area contributed by atoms with E-state index in [1.54, 1.807) is 6.07 Å². The van der Waals surface area contributed by atoms with Crippen LogP contribution in [0.15, 0.2) is 30.3 Å². The number of imidazole rings is 1. The van der Waals surface area contributed by atoms with E-state index in [2.05, 4.69) is 15.0 Å². The Labute approximate surface area is 116 Å². The van der Waals surface area contributed by atoms with Crippen molar-refractivity contribution in [2.75, 3.05) is 19.0 Å². The van der Waals surface area contributed by atoms with Crippen molar-refractivity contribution in [2.45, 2.75) is 6.92 Å². The van der Waals surface area contributed by atoms with Crippen LogP contribution in [0.1, 0.15) is 5.56 Å². The molecule has 0 saturated heterocycles. The molecule has 5 heteroatoms. The molecule has 0 amide bonds. The summed E-state index contributed by atoms with van der Waals surface area (Å²) in [5.74, 6) is 1.04. The van der Waals surface area contributed by atoms with E-state index < -0.39 is 0 Å². The zero-order valence-electron chi connectivity index (χ0n) is 11.6. The van der Waals surface area contributed by atoms with Crippen molar-refractivity contribution in [3.8, 4) is 11.4 Å². The summed E-state index contributed by atoms with van der Waals surface area (Å²) in [6.45, 7) is 1.86. The van der Waals surface area contributed by atoms with E-state index in [0.29, 0.717) is 17.0 Å². The lowest BCUT2D eigenvalue weighted by Crippen LogP contribution is -2.10. The first-order valence-electron chi connectivity index (χ1n) is 6.35. The van der Waals surface area contributed by atoms with E-state index in [4.69, 9.17) is 0 Å². The lowest BCUT2D eigenvalue weighted by atomic mass is 10.1. The molecule has 0 aliphatic carbocycles. The average Bonchev–Trinajstić information content (AvgIpc) is 2.80. The molecule has 0 atom stereocenters. The summed E-state index contributed by atoms with van der Waals surface area (Å²) in [5.41, 5.74) is 2.73. The number of rotatable bonds is 2. The Morgan fingerprint density at radius 3 is 2.60 bits per heavy atom. The highest BCUT2D eigenvalue weighted by molar-refractivity contribution is 5.77. The molecule has 2 aromatic heterocycles. The van der Waals surface area contributed by atoms with Gasteiger partial charge in [-0.05, 0) is 36.8 Å². The highest BCUT2D eigenvalue weighted by Gasteiger charge is 2.11. The quantitative estimate of drug-likeness (QED) is 0.778. The summed E-state index contributed by atoms with van der Waals surface area (Å²) in [5, 5.41) is 0. The topological polar surface area (TPSA) is 44.8 Å². The van der Waals surface area contributed by atoms with Gasteiger partial charge in [0.25, 0.3) is 0 Å². The molecule has 4 nitrogen and oxygen atoms in total. The van der Waals surface area contributed by atoms with Gasteiger partial charge in [0.15, 0.2) is 5.65 Å². The van der Waals surface area contributed by atoms with Gasteiger partial charge in [-0.2, -0.15) is 0 Å². The average molecular weight is 270 g/mol. The first-order chi connectivity index (χ1) is 9.54. The molecule has 1 aromatic carbocycles. The van der Waals surface area contributed by atoms with E-state index >= 15 is 0 Å². The minimum atomic E-state index is -0.281. The third-order valence-electron chi connectivity index (χ3n) is 3.17. The number of pyridine rings is 1. The minimum absolute atomic E-state index is 0.281. The van der Waals surface area contributed by atoms with Gasteiger partial charge < -0.3 is 9.88 Å². The number of hydrogen-bond donors (Lipinski definition) is 1. The highest BCUT2D eigenvalue weighted by atomic mass is 19.1. The van der Waals surface area contributed by atoms with Crippen molar-refractivity contribution < 1.29 is 4.39 Å². The monoisotopic (exact) mass is 270 g/mol. The standard InChI is InChI=1S/C15H15FN4/c1-9-4-5-10(11(16)8-9)14-17-12-6-7-13(20(2)3)18-15(12)19-14/h4-8H,1-3H3,(H,17,18,19). The van der Waals surface area contributed by atoms with E-state index in [-0.39, 0.29) is 5.82 Å². The van der Waals surface area contributed by atoms with Crippen LogP contribution < -0.4 is 4.90 Å². The van der Waals surface area contributed by atoms with Gasteiger partial charge in [0, 0.05) is 14.1 Å². The van der Waals surface area contributed by atoms with Gasteiger partial charge in [-0.15, -0.1) is 0 Å². The molecule has 0 unspecified atom stereocenters. The fraction of sp³-hybridized carbons (Fsp3) is 0.200. The Bertz CT molecular complexity index is 777. The number of halogens is 1. The third-order valence-corrected chi connectivity index (χ3v) is 3.17. The predicted molar refractivity (Wildman–Crippen MR) is 78.3 cm³/mol. The number of aryl methyl sites for hydroxylation is 1. The van der Waals surface area contributed by atoms with Crippen LogP contribution in [0, 0.1) is 12.7 Å². The van der Waals surface area contributed by atoms with Crippen LogP contribution in [-0.4, -0.2) is 29.0 Å². The largest absolute Gasteiger partial charge is 0.363 e. The Balaban J connectivity index is 2.13. The number of aromatic amines is 1. The molecule has 0 aliphatic heterocycles. The summed E-state index contributed by atoms with van der Waals surface area (Å²) in [6, 6.07) is 8.90. The van der Waals surface area contributed by atoms with Crippen molar-refractivity contribution in [2.24, 2.45) is 0 Å². The molecule has 2 heterocycles. The van der Waals surface area contributed by atoms with Crippen molar-refractivity contribution in [1.82, 2.24) is 15.0 Å². The number of fused-ring (bicyclic) bond motifs is 1. The van der Waals surface area contributed by atoms with Gasteiger partial charge in [0.05, 0.1) is 11.1 Å². The van der Waals surface area contributed by atoms with Crippen molar-refractivity contribution in [1.29, 1.82) is 0 Å². The fourth-order valence-electron chi connectivity index (χ4n) is 2.07. The van der Waals surface area contributed by atoms with Crippen molar-refractivity contribution in [3.05, 3.63) is 41.7 Å². The smallest absolute Gasteiger partial charge is 0.180 e. The van der Waals surface area contributed by atoms with Crippen LogP contribution >= 0.6 is 0 Å². The molecule has 0 fully saturated rings. The summed E-state index contributed by atoms with van der Waals surface area (Å²) < 4.78 is 14.0. The second kappa shape index (κ2) is 4.59. The van der Waals surface area contributed by atoms with E-state index in [9.17, 15) is 4.39 Å². The maximum absolute atomic E-state index is 14.0. The zero-order valence-corrected chi connectivity index (χ0v) is 11.6. The number of anilines is 1. The predicted octanol–water partition coefficient (Wildman–Crippen LogP) is 3.14. The van der Waals surface area contributed by atoms with E-state index in [1.165, 1.54) is 6.07 Å². The van der Waals surface area contributed by atoms with E-state index in [0.717, 1.165) is 16.9 Å². The van der Waals surface area contributed by atoms with Crippen LogP contribution in [0.2, 0.25) is 0 Å².